The first-order chi connectivity index (χ1) is 9.58. The van der Waals surface area contributed by atoms with Gasteiger partial charge in [-0.15, -0.1) is 0 Å². The Balaban J connectivity index is 2.04. The van der Waals surface area contributed by atoms with Crippen LogP contribution in [0.2, 0.25) is 5.02 Å². The summed E-state index contributed by atoms with van der Waals surface area (Å²) in [7, 11) is 0. The lowest BCUT2D eigenvalue weighted by molar-refractivity contribution is -0.120. The third-order valence-corrected chi connectivity index (χ3v) is 3.18. The van der Waals surface area contributed by atoms with Crippen molar-refractivity contribution >= 4 is 28.4 Å². The van der Waals surface area contributed by atoms with Gasteiger partial charge >= 0.3 is 0 Å². The maximum Gasteiger partial charge on any atom is 0.234 e. The van der Waals surface area contributed by atoms with Crippen molar-refractivity contribution in [1.29, 1.82) is 0 Å². The van der Waals surface area contributed by atoms with Gasteiger partial charge in [0.1, 0.15) is 0 Å². The molecular formula is C15H18ClN3O. The number of pyridine rings is 1. The maximum atomic E-state index is 11.6. The van der Waals surface area contributed by atoms with Crippen LogP contribution in [-0.4, -0.2) is 23.5 Å². The van der Waals surface area contributed by atoms with Crippen LogP contribution in [-0.2, 0) is 11.3 Å². The first kappa shape index (κ1) is 14.8. The van der Waals surface area contributed by atoms with Crippen molar-refractivity contribution in [2.24, 2.45) is 0 Å². The average Bonchev–Trinajstić information content (AvgIpc) is 2.41. The van der Waals surface area contributed by atoms with E-state index in [1.54, 1.807) is 6.20 Å². The lowest BCUT2D eigenvalue weighted by Crippen LogP contribution is -2.37. The molecule has 106 valence electrons. The first-order valence-electron chi connectivity index (χ1n) is 6.60. The van der Waals surface area contributed by atoms with E-state index < -0.39 is 0 Å². The molecule has 0 aliphatic rings. The fraction of sp³-hybridized carbons (Fsp3) is 0.333. The van der Waals surface area contributed by atoms with Crippen molar-refractivity contribution in [3.8, 4) is 0 Å². The molecule has 1 aromatic heterocycles. The Morgan fingerprint density at radius 2 is 2.15 bits per heavy atom. The summed E-state index contributed by atoms with van der Waals surface area (Å²) in [5.74, 6) is -0.00812. The summed E-state index contributed by atoms with van der Waals surface area (Å²) in [5.41, 5.74) is 1.90. The molecule has 1 aromatic carbocycles. The van der Waals surface area contributed by atoms with Crippen LogP contribution in [0.4, 0.5) is 0 Å². The number of amides is 1. The summed E-state index contributed by atoms with van der Waals surface area (Å²) >= 11 is 6.15. The number of nitrogens with one attached hydrogen (secondary N) is 2. The van der Waals surface area contributed by atoms with Crippen LogP contribution in [0.25, 0.3) is 10.9 Å². The zero-order valence-electron chi connectivity index (χ0n) is 11.6. The van der Waals surface area contributed by atoms with Crippen molar-refractivity contribution in [2.75, 3.05) is 6.54 Å². The summed E-state index contributed by atoms with van der Waals surface area (Å²) < 4.78 is 0. The Bertz CT molecular complexity index is 613. The zero-order valence-corrected chi connectivity index (χ0v) is 12.4. The molecule has 0 spiro atoms. The van der Waals surface area contributed by atoms with Crippen molar-refractivity contribution in [1.82, 2.24) is 15.6 Å². The highest BCUT2D eigenvalue weighted by Crippen LogP contribution is 2.24. The van der Waals surface area contributed by atoms with E-state index in [2.05, 4.69) is 15.6 Å². The van der Waals surface area contributed by atoms with Crippen LogP contribution in [0.15, 0.2) is 30.5 Å². The van der Waals surface area contributed by atoms with Crippen molar-refractivity contribution in [2.45, 2.75) is 26.4 Å². The standard InChI is InChI=1S/C15H18ClN3O/c1-10(2)19-14(20)9-17-8-11-5-6-13(16)12-4-3-7-18-15(11)12/h3-7,10,17H,8-9H2,1-2H3,(H,19,20). The molecular weight excluding hydrogens is 274 g/mol. The third kappa shape index (κ3) is 3.68. The monoisotopic (exact) mass is 291 g/mol. The molecule has 0 saturated carbocycles. The molecule has 2 N–H and O–H groups in total. The van der Waals surface area contributed by atoms with E-state index in [4.69, 9.17) is 11.6 Å². The second kappa shape index (κ2) is 6.68. The summed E-state index contributed by atoms with van der Waals surface area (Å²) in [6.45, 7) is 4.74. The molecule has 1 amide bonds. The van der Waals surface area contributed by atoms with Gasteiger partial charge < -0.3 is 10.6 Å². The van der Waals surface area contributed by atoms with Crippen LogP contribution in [0, 0.1) is 0 Å². The van der Waals surface area contributed by atoms with Crippen LogP contribution in [0.5, 0.6) is 0 Å². The van der Waals surface area contributed by atoms with Crippen LogP contribution >= 0.6 is 11.6 Å². The van der Waals surface area contributed by atoms with Gasteiger partial charge in [0.15, 0.2) is 0 Å². The molecule has 20 heavy (non-hydrogen) atoms. The molecule has 1 heterocycles. The predicted molar refractivity (Wildman–Crippen MR) is 81.7 cm³/mol. The van der Waals surface area contributed by atoms with Gasteiger partial charge in [-0.05, 0) is 37.6 Å². The van der Waals surface area contributed by atoms with Gasteiger partial charge in [0, 0.05) is 29.2 Å². The number of hydrogen-bond acceptors (Lipinski definition) is 3. The van der Waals surface area contributed by atoms with Crippen LogP contribution < -0.4 is 10.6 Å². The number of fused-ring (bicyclic) bond motifs is 1. The summed E-state index contributed by atoms with van der Waals surface area (Å²) in [6.07, 6.45) is 1.74. The van der Waals surface area contributed by atoms with Gasteiger partial charge in [-0.1, -0.05) is 17.7 Å². The number of halogens is 1. The molecule has 2 aromatic rings. The largest absolute Gasteiger partial charge is 0.353 e. The Morgan fingerprint density at radius 3 is 2.90 bits per heavy atom. The number of benzene rings is 1. The van der Waals surface area contributed by atoms with Gasteiger partial charge in [-0.2, -0.15) is 0 Å². The molecule has 0 aliphatic carbocycles. The van der Waals surface area contributed by atoms with Gasteiger partial charge in [-0.25, -0.2) is 0 Å². The smallest absolute Gasteiger partial charge is 0.234 e. The fourth-order valence-electron chi connectivity index (χ4n) is 2.02. The van der Waals surface area contributed by atoms with Gasteiger partial charge in [0.05, 0.1) is 12.1 Å². The molecule has 0 unspecified atom stereocenters. The topological polar surface area (TPSA) is 54.0 Å². The molecule has 0 fully saturated rings. The summed E-state index contributed by atoms with van der Waals surface area (Å²) in [5, 5.41) is 7.58. The number of carbonyl (C=O) groups excluding carboxylic acids is 1. The van der Waals surface area contributed by atoms with E-state index in [0.717, 1.165) is 16.5 Å². The van der Waals surface area contributed by atoms with Crippen molar-refractivity contribution < 1.29 is 4.79 Å². The number of nitrogens with zero attached hydrogens (tertiary/aromatic N) is 1. The van der Waals surface area contributed by atoms with E-state index in [9.17, 15) is 4.79 Å². The van der Waals surface area contributed by atoms with E-state index in [1.165, 1.54) is 0 Å². The van der Waals surface area contributed by atoms with Gasteiger partial charge in [-0.3, -0.25) is 9.78 Å². The average molecular weight is 292 g/mol. The highest BCUT2D eigenvalue weighted by molar-refractivity contribution is 6.35. The quantitative estimate of drug-likeness (QED) is 0.890. The Hall–Kier alpha value is -1.65. The highest BCUT2D eigenvalue weighted by Gasteiger charge is 2.07. The highest BCUT2D eigenvalue weighted by atomic mass is 35.5. The SMILES string of the molecule is CC(C)NC(=O)CNCc1ccc(Cl)c2cccnc12. The summed E-state index contributed by atoms with van der Waals surface area (Å²) in [6, 6.07) is 7.76. The Kier molecular flexibility index (Phi) is 4.93. The molecule has 4 nitrogen and oxygen atoms in total. The van der Waals surface area contributed by atoms with Gasteiger partial charge in [0.25, 0.3) is 0 Å². The summed E-state index contributed by atoms with van der Waals surface area (Å²) in [4.78, 5) is 15.9. The molecule has 0 atom stereocenters. The second-order valence-electron chi connectivity index (χ2n) is 4.93. The van der Waals surface area contributed by atoms with E-state index in [1.807, 2.05) is 38.1 Å². The van der Waals surface area contributed by atoms with E-state index in [-0.39, 0.29) is 18.5 Å². The zero-order chi connectivity index (χ0) is 14.5. The first-order valence-corrected chi connectivity index (χ1v) is 6.98. The number of aromatic nitrogens is 1. The number of carbonyl (C=O) groups is 1. The lowest BCUT2D eigenvalue weighted by Gasteiger charge is -2.10. The molecule has 0 radical (unpaired) electrons. The minimum atomic E-state index is -0.00812. The third-order valence-electron chi connectivity index (χ3n) is 2.85. The molecule has 0 bridgehead atoms. The Morgan fingerprint density at radius 1 is 1.35 bits per heavy atom. The number of hydrogen-bond donors (Lipinski definition) is 2. The van der Waals surface area contributed by atoms with Crippen LogP contribution in [0.1, 0.15) is 19.4 Å². The minimum absolute atomic E-state index is 0.00812. The van der Waals surface area contributed by atoms with Crippen LogP contribution in [0.3, 0.4) is 0 Å². The molecule has 0 aliphatic heterocycles. The normalized spacial score (nSPS) is 11.0. The number of rotatable bonds is 5. The fourth-order valence-corrected chi connectivity index (χ4v) is 2.24. The molecule has 2 rings (SSSR count). The lowest BCUT2D eigenvalue weighted by atomic mass is 10.1. The molecule has 5 heteroatoms. The van der Waals surface area contributed by atoms with Gasteiger partial charge in [0.2, 0.25) is 5.91 Å². The molecule has 0 saturated heterocycles. The van der Waals surface area contributed by atoms with E-state index in [0.29, 0.717) is 11.6 Å². The maximum absolute atomic E-state index is 11.6. The Labute approximate surface area is 123 Å². The van der Waals surface area contributed by atoms with Crippen molar-refractivity contribution in [3.63, 3.8) is 0 Å². The minimum Gasteiger partial charge on any atom is -0.353 e. The second-order valence-corrected chi connectivity index (χ2v) is 5.34. The van der Waals surface area contributed by atoms with Crippen molar-refractivity contribution in [3.05, 3.63) is 41.0 Å². The predicted octanol–water partition coefficient (Wildman–Crippen LogP) is 2.50. The van der Waals surface area contributed by atoms with E-state index >= 15 is 0 Å².